The minimum Gasteiger partial charge on any atom is -0.464 e. The van der Waals surface area contributed by atoms with Crippen LogP contribution >= 0.6 is 34.5 Å². The molecule has 2 aromatic rings. The van der Waals surface area contributed by atoms with Gasteiger partial charge in [0, 0.05) is 21.8 Å². The summed E-state index contributed by atoms with van der Waals surface area (Å²) in [5, 5.41) is 3.67. The van der Waals surface area contributed by atoms with E-state index in [9.17, 15) is 4.79 Å². The maximum absolute atomic E-state index is 11.3. The van der Waals surface area contributed by atoms with Gasteiger partial charge in [-0.3, -0.25) is 0 Å². The van der Waals surface area contributed by atoms with E-state index >= 15 is 0 Å². The van der Waals surface area contributed by atoms with Crippen molar-refractivity contribution < 1.29 is 9.53 Å². The number of esters is 1. The highest BCUT2D eigenvalue weighted by atomic mass is 35.5. The average molecular weight is 302 g/mol. The Morgan fingerprint density at radius 3 is 2.89 bits per heavy atom. The number of carbonyl (C=O) groups excluding carboxylic acids is 1. The number of ether oxygens (including phenoxy) is 1. The third-order valence-electron chi connectivity index (χ3n) is 2.30. The summed E-state index contributed by atoms with van der Waals surface area (Å²) in [6, 6.07) is 5.31. The molecule has 18 heavy (non-hydrogen) atoms. The number of halogens is 2. The van der Waals surface area contributed by atoms with Crippen LogP contribution in [0.1, 0.15) is 21.1 Å². The first-order valence-corrected chi connectivity index (χ1v) is 6.70. The van der Waals surface area contributed by atoms with Crippen molar-refractivity contribution >= 4 is 40.5 Å². The maximum atomic E-state index is 11.3. The van der Waals surface area contributed by atoms with Gasteiger partial charge in [0.05, 0.1) is 12.1 Å². The van der Waals surface area contributed by atoms with Crippen LogP contribution in [-0.2, 0) is 11.2 Å². The topological polar surface area (TPSA) is 39.2 Å². The molecule has 1 aromatic heterocycles. The molecule has 0 aliphatic carbocycles. The Morgan fingerprint density at radius 2 is 2.22 bits per heavy atom. The Kier molecular flexibility index (Phi) is 4.22. The second-order valence-corrected chi connectivity index (χ2v) is 5.32. The molecular formula is C12H9Cl2NO2S. The van der Waals surface area contributed by atoms with Crippen LogP contribution in [-0.4, -0.2) is 18.1 Å². The summed E-state index contributed by atoms with van der Waals surface area (Å²) >= 11 is 13.3. The lowest BCUT2D eigenvalue weighted by Crippen LogP contribution is -2.01. The summed E-state index contributed by atoms with van der Waals surface area (Å²) in [6.45, 7) is 0. The van der Waals surface area contributed by atoms with Crippen LogP contribution in [0.15, 0.2) is 23.6 Å². The normalized spacial score (nSPS) is 10.4. The van der Waals surface area contributed by atoms with E-state index in [1.165, 1.54) is 18.4 Å². The van der Waals surface area contributed by atoms with Gasteiger partial charge in [-0.2, -0.15) is 0 Å². The smallest absolute Gasteiger partial charge is 0.357 e. The highest BCUT2D eigenvalue weighted by Crippen LogP contribution is 2.24. The van der Waals surface area contributed by atoms with Crippen molar-refractivity contribution in [3.05, 3.63) is 49.9 Å². The zero-order chi connectivity index (χ0) is 13.1. The molecule has 0 radical (unpaired) electrons. The van der Waals surface area contributed by atoms with Gasteiger partial charge in [0.2, 0.25) is 0 Å². The predicted molar refractivity (Wildman–Crippen MR) is 72.7 cm³/mol. The summed E-state index contributed by atoms with van der Waals surface area (Å²) in [5.74, 6) is -0.431. The van der Waals surface area contributed by atoms with Gasteiger partial charge in [-0.1, -0.05) is 29.3 Å². The van der Waals surface area contributed by atoms with Crippen LogP contribution in [0.3, 0.4) is 0 Å². The SMILES string of the molecule is COC(=O)c1csc(Cc2ccc(Cl)cc2Cl)n1. The second-order valence-electron chi connectivity index (χ2n) is 3.53. The number of methoxy groups -OCH3 is 1. The Balaban J connectivity index is 2.18. The van der Waals surface area contributed by atoms with Gasteiger partial charge in [-0.05, 0) is 17.7 Å². The summed E-state index contributed by atoms with van der Waals surface area (Å²) in [7, 11) is 1.33. The molecular weight excluding hydrogens is 293 g/mol. The van der Waals surface area contributed by atoms with E-state index in [1.54, 1.807) is 17.5 Å². The van der Waals surface area contributed by atoms with Crippen LogP contribution in [0.4, 0.5) is 0 Å². The van der Waals surface area contributed by atoms with Crippen molar-refractivity contribution in [1.29, 1.82) is 0 Å². The molecule has 0 saturated heterocycles. The maximum Gasteiger partial charge on any atom is 0.357 e. The van der Waals surface area contributed by atoms with Crippen LogP contribution < -0.4 is 0 Å². The first-order valence-electron chi connectivity index (χ1n) is 5.07. The minimum atomic E-state index is -0.431. The predicted octanol–water partition coefficient (Wildman–Crippen LogP) is 3.83. The minimum absolute atomic E-state index is 0.322. The van der Waals surface area contributed by atoms with E-state index in [-0.39, 0.29) is 0 Å². The number of hydrogen-bond acceptors (Lipinski definition) is 4. The van der Waals surface area contributed by atoms with Gasteiger partial charge in [-0.15, -0.1) is 11.3 Å². The number of hydrogen-bond donors (Lipinski definition) is 0. The fraction of sp³-hybridized carbons (Fsp3) is 0.167. The Bertz CT molecular complexity index is 583. The summed E-state index contributed by atoms with van der Waals surface area (Å²) in [4.78, 5) is 15.5. The van der Waals surface area contributed by atoms with Crippen LogP contribution in [0.5, 0.6) is 0 Å². The van der Waals surface area contributed by atoms with Crippen molar-refractivity contribution in [2.24, 2.45) is 0 Å². The lowest BCUT2D eigenvalue weighted by atomic mass is 10.1. The van der Waals surface area contributed by atoms with Crippen molar-refractivity contribution in [2.45, 2.75) is 6.42 Å². The van der Waals surface area contributed by atoms with E-state index in [2.05, 4.69) is 9.72 Å². The summed E-state index contributed by atoms with van der Waals surface area (Å²) < 4.78 is 4.60. The molecule has 1 heterocycles. The molecule has 0 spiro atoms. The zero-order valence-corrected chi connectivity index (χ0v) is 11.8. The number of aromatic nitrogens is 1. The van der Waals surface area contributed by atoms with Crippen molar-refractivity contribution in [3.8, 4) is 0 Å². The molecule has 0 atom stereocenters. The molecule has 6 heteroatoms. The van der Waals surface area contributed by atoms with Crippen molar-refractivity contribution in [3.63, 3.8) is 0 Å². The Labute approximate surface area is 118 Å². The van der Waals surface area contributed by atoms with Gasteiger partial charge in [0.15, 0.2) is 5.69 Å². The number of benzene rings is 1. The van der Waals surface area contributed by atoms with Crippen LogP contribution in [0, 0.1) is 0 Å². The average Bonchev–Trinajstić information content (AvgIpc) is 2.80. The fourth-order valence-electron chi connectivity index (χ4n) is 1.42. The number of nitrogens with zero attached hydrogens (tertiary/aromatic N) is 1. The Hall–Kier alpha value is -1.10. The van der Waals surface area contributed by atoms with Crippen molar-refractivity contribution in [1.82, 2.24) is 4.98 Å². The first-order chi connectivity index (χ1) is 8.60. The van der Waals surface area contributed by atoms with E-state index in [0.717, 1.165) is 10.6 Å². The third kappa shape index (κ3) is 3.02. The van der Waals surface area contributed by atoms with Gasteiger partial charge in [0.1, 0.15) is 0 Å². The van der Waals surface area contributed by atoms with E-state index in [1.807, 2.05) is 6.07 Å². The van der Waals surface area contributed by atoms with Crippen molar-refractivity contribution in [2.75, 3.05) is 7.11 Å². The van der Waals surface area contributed by atoms with Gasteiger partial charge >= 0.3 is 5.97 Å². The molecule has 1 aromatic carbocycles. The number of thiazole rings is 1. The van der Waals surface area contributed by atoms with Gasteiger partial charge in [-0.25, -0.2) is 9.78 Å². The quantitative estimate of drug-likeness (QED) is 0.809. The molecule has 0 bridgehead atoms. The largest absolute Gasteiger partial charge is 0.464 e. The lowest BCUT2D eigenvalue weighted by molar-refractivity contribution is 0.0594. The lowest BCUT2D eigenvalue weighted by Gasteiger charge is -2.02. The van der Waals surface area contributed by atoms with Crippen LogP contribution in [0.25, 0.3) is 0 Å². The number of rotatable bonds is 3. The molecule has 0 N–H and O–H groups in total. The first kappa shape index (κ1) is 13.3. The molecule has 2 rings (SSSR count). The standard InChI is InChI=1S/C12H9Cl2NO2S/c1-17-12(16)10-6-18-11(15-10)4-7-2-3-8(13)5-9(7)14/h2-3,5-6H,4H2,1H3. The van der Waals surface area contributed by atoms with E-state index in [0.29, 0.717) is 22.2 Å². The molecule has 0 fully saturated rings. The molecule has 0 aliphatic heterocycles. The molecule has 0 aliphatic rings. The molecule has 94 valence electrons. The van der Waals surface area contributed by atoms with Gasteiger partial charge in [0.25, 0.3) is 0 Å². The van der Waals surface area contributed by atoms with E-state index < -0.39 is 5.97 Å². The molecule has 3 nitrogen and oxygen atoms in total. The zero-order valence-electron chi connectivity index (χ0n) is 9.44. The monoisotopic (exact) mass is 301 g/mol. The molecule has 0 saturated carbocycles. The summed E-state index contributed by atoms with van der Waals surface area (Å²) in [5.41, 5.74) is 1.24. The van der Waals surface area contributed by atoms with E-state index in [4.69, 9.17) is 23.2 Å². The van der Waals surface area contributed by atoms with Crippen LogP contribution in [0.2, 0.25) is 10.0 Å². The number of carbonyl (C=O) groups is 1. The highest BCUT2D eigenvalue weighted by molar-refractivity contribution is 7.09. The second kappa shape index (κ2) is 5.69. The summed E-state index contributed by atoms with van der Waals surface area (Å²) in [6.07, 6.45) is 0.567. The fourth-order valence-corrected chi connectivity index (χ4v) is 2.68. The Morgan fingerprint density at radius 1 is 1.44 bits per heavy atom. The third-order valence-corrected chi connectivity index (χ3v) is 3.74. The molecule has 0 amide bonds. The highest BCUT2D eigenvalue weighted by Gasteiger charge is 2.12. The van der Waals surface area contributed by atoms with Gasteiger partial charge < -0.3 is 4.74 Å². The molecule has 0 unspecified atom stereocenters.